The van der Waals surface area contributed by atoms with E-state index in [1.165, 1.54) is 36.4 Å². The van der Waals surface area contributed by atoms with Crippen LogP contribution in [0.25, 0.3) is 21.4 Å². The van der Waals surface area contributed by atoms with E-state index in [9.17, 15) is 0 Å². The van der Waals surface area contributed by atoms with Gasteiger partial charge in [0.25, 0.3) is 0 Å². The second-order valence-corrected chi connectivity index (χ2v) is 10.2. The molecule has 9 nitrogen and oxygen atoms in total. The number of hydrogen-bond donors (Lipinski definition) is 2. The van der Waals surface area contributed by atoms with Gasteiger partial charge in [-0.1, -0.05) is 18.3 Å². The van der Waals surface area contributed by atoms with E-state index < -0.39 is 0 Å². The molecule has 0 saturated carbocycles. The van der Waals surface area contributed by atoms with Crippen LogP contribution in [0.4, 0.5) is 11.5 Å². The van der Waals surface area contributed by atoms with Gasteiger partial charge >= 0.3 is 0 Å². The summed E-state index contributed by atoms with van der Waals surface area (Å²) < 4.78 is 7.40. The number of anilines is 2. The SMILES string of the molecule is CC(C)CNCCn1c(Sc2cc3nnsc3cc2N2CCCC2)nc2c(N)ncnc21. The average Bonchev–Trinajstić information content (AvgIpc) is 3.51. The summed E-state index contributed by atoms with van der Waals surface area (Å²) in [5.74, 6) is 1.01. The first-order valence-corrected chi connectivity index (χ1v) is 12.6. The molecule has 1 saturated heterocycles. The summed E-state index contributed by atoms with van der Waals surface area (Å²) >= 11 is 3.08. The third-order valence-corrected chi connectivity index (χ3v) is 7.29. The van der Waals surface area contributed by atoms with Crippen LogP contribution in [0, 0.1) is 5.92 Å². The molecule has 0 spiro atoms. The van der Waals surface area contributed by atoms with Crippen LogP contribution >= 0.6 is 23.3 Å². The lowest BCUT2D eigenvalue weighted by Crippen LogP contribution is -2.24. The summed E-state index contributed by atoms with van der Waals surface area (Å²) in [5.41, 5.74) is 9.70. The molecule has 168 valence electrons. The predicted molar refractivity (Wildman–Crippen MR) is 130 cm³/mol. The Morgan fingerprint density at radius 3 is 2.88 bits per heavy atom. The van der Waals surface area contributed by atoms with Gasteiger partial charge in [-0.2, -0.15) is 0 Å². The van der Waals surface area contributed by atoms with E-state index in [0.717, 1.165) is 58.6 Å². The average molecular weight is 470 g/mol. The highest BCUT2D eigenvalue weighted by atomic mass is 32.2. The number of fused-ring (bicyclic) bond motifs is 2. The Balaban J connectivity index is 1.53. The van der Waals surface area contributed by atoms with Crippen LogP contribution in [0.1, 0.15) is 26.7 Å². The van der Waals surface area contributed by atoms with E-state index >= 15 is 0 Å². The highest BCUT2D eigenvalue weighted by Gasteiger charge is 2.22. The highest BCUT2D eigenvalue weighted by Crippen LogP contribution is 2.40. The van der Waals surface area contributed by atoms with Crippen LogP contribution in [-0.2, 0) is 6.54 Å². The zero-order valence-corrected chi connectivity index (χ0v) is 19.9. The molecule has 11 heteroatoms. The summed E-state index contributed by atoms with van der Waals surface area (Å²) in [7, 11) is 0. The minimum atomic E-state index is 0.407. The summed E-state index contributed by atoms with van der Waals surface area (Å²) in [6, 6.07) is 4.35. The predicted octanol–water partition coefficient (Wildman–Crippen LogP) is 3.41. The first-order chi connectivity index (χ1) is 15.6. The van der Waals surface area contributed by atoms with Crippen LogP contribution in [0.15, 0.2) is 28.5 Å². The molecule has 1 fully saturated rings. The molecule has 32 heavy (non-hydrogen) atoms. The van der Waals surface area contributed by atoms with Crippen molar-refractivity contribution in [3.63, 3.8) is 0 Å². The number of nitrogens with zero attached hydrogens (tertiary/aromatic N) is 7. The first-order valence-electron chi connectivity index (χ1n) is 11.0. The normalized spacial score (nSPS) is 14.4. The molecule has 0 radical (unpaired) electrons. The van der Waals surface area contributed by atoms with Crippen molar-refractivity contribution in [2.45, 2.75) is 43.3 Å². The van der Waals surface area contributed by atoms with Crippen molar-refractivity contribution >= 4 is 56.2 Å². The molecule has 4 heterocycles. The minimum Gasteiger partial charge on any atom is -0.382 e. The monoisotopic (exact) mass is 469 g/mol. The van der Waals surface area contributed by atoms with Crippen molar-refractivity contribution in [1.29, 1.82) is 0 Å². The molecular formula is C21H27N9S2. The van der Waals surface area contributed by atoms with Gasteiger partial charge in [-0.25, -0.2) is 15.0 Å². The van der Waals surface area contributed by atoms with Crippen molar-refractivity contribution in [1.82, 2.24) is 34.4 Å². The van der Waals surface area contributed by atoms with Gasteiger partial charge in [0.1, 0.15) is 11.8 Å². The largest absolute Gasteiger partial charge is 0.382 e. The van der Waals surface area contributed by atoms with Gasteiger partial charge in [0.15, 0.2) is 22.1 Å². The Bertz CT molecular complexity index is 1230. The molecule has 0 atom stereocenters. The van der Waals surface area contributed by atoms with Gasteiger partial charge in [-0.05, 0) is 60.7 Å². The standard InChI is InChI=1S/C21H27N9S2/c1-13(2)11-23-5-8-30-20-18(19(22)24-12-25-20)26-21(30)31-17-9-14-16(32-28-27-14)10-15(17)29-6-3-4-7-29/h9-10,12-13,23H,3-8,11H2,1-2H3,(H2,22,24,25). The highest BCUT2D eigenvalue weighted by molar-refractivity contribution is 7.99. The lowest BCUT2D eigenvalue weighted by molar-refractivity contribution is 0.516. The maximum atomic E-state index is 6.14. The van der Waals surface area contributed by atoms with Crippen LogP contribution in [0.2, 0.25) is 0 Å². The zero-order chi connectivity index (χ0) is 22.1. The molecule has 1 aromatic carbocycles. The molecule has 3 N–H and O–H groups in total. The fourth-order valence-electron chi connectivity index (χ4n) is 3.98. The summed E-state index contributed by atoms with van der Waals surface area (Å²) in [4.78, 5) is 17.1. The quantitative estimate of drug-likeness (QED) is 0.375. The van der Waals surface area contributed by atoms with Gasteiger partial charge in [0.05, 0.1) is 10.4 Å². The Morgan fingerprint density at radius 1 is 1.22 bits per heavy atom. The number of nitrogen functional groups attached to an aromatic ring is 1. The maximum absolute atomic E-state index is 6.14. The molecular weight excluding hydrogens is 442 g/mol. The lowest BCUT2D eigenvalue weighted by atomic mass is 10.2. The topological polar surface area (TPSA) is 111 Å². The van der Waals surface area contributed by atoms with E-state index in [1.807, 2.05) is 0 Å². The van der Waals surface area contributed by atoms with E-state index in [4.69, 9.17) is 10.7 Å². The van der Waals surface area contributed by atoms with Crippen LogP contribution < -0.4 is 16.0 Å². The number of rotatable bonds is 8. The van der Waals surface area contributed by atoms with Crippen molar-refractivity contribution in [3.05, 3.63) is 18.5 Å². The van der Waals surface area contributed by atoms with E-state index in [2.05, 4.69) is 60.3 Å². The molecule has 1 aliphatic rings. The fraction of sp³-hybridized carbons (Fsp3) is 0.476. The van der Waals surface area contributed by atoms with Crippen molar-refractivity contribution in [2.24, 2.45) is 5.92 Å². The Kier molecular flexibility index (Phi) is 6.11. The second-order valence-electron chi connectivity index (χ2n) is 8.43. The summed E-state index contributed by atoms with van der Waals surface area (Å²) in [6.07, 6.45) is 3.94. The Hall–Kier alpha value is -2.50. The third kappa shape index (κ3) is 4.24. The molecule has 0 unspecified atom stereocenters. The molecule has 0 bridgehead atoms. The molecule has 1 aliphatic heterocycles. The van der Waals surface area contributed by atoms with Gasteiger partial charge in [-0.3, -0.25) is 0 Å². The third-order valence-electron chi connectivity index (χ3n) is 5.57. The number of imidazole rings is 1. The number of nitrogens with two attached hydrogens (primary N) is 1. The molecule has 0 aliphatic carbocycles. The first kappa shape index (κ1) is 21.4. The lowest BCUT2D eigenvalue weighted by Gasteiger charge is -2.21. The van der Waals surface area contributed by atoms with Crippen LogP contribution in [0.3, 0.4) is 0 Å². The van der Waals surface area contributed by atoms with Gasteiger partial charge in [0.2, 0.25) is 0 Å². The number of benzene rings is 1. The number of aromatic nitrogens is 6. The van der Waals surface area contributed by atoms with Gasteiger partial charge in [0, 0.05) is 31.1 Å². The molecule has 5 rings (SSSR count). The fourth-order valence-corrected chi connectivity index (χ4v) is 5.64. The molecule has 0 amide bonds. The second kappa shape index (κ2) is 9.16. The van der Waals surface area contributed by atoms with Crippen molar-refractivity contribution in [3.8, 4) is 0 Å². The maximum Gasteiger partial charge on any atom is 0.175 e. The van der Waals surface area contributed by atoms with Crippen molar-refractivity contribution in [2.75, 3.05) is 36.8 Å². The van der Waals surface area contributed by atoms with E-state index in [0.29, 0.717) is 17.3 Å². The van der Waals surface area contributed by atoms with Crippen molar-refractivity contribution < 1.29 is 0 Å². The molecule has 3 aromatic heterocycles. The summed E-state index contributed by atoms with van der Waals surface area (Å²) in [5, 5.41) is 8.68. The number of nitrogens with one attached hydrogen (secondary N) is 1. The minimum absolute atomic E-state index is 0.407. The number of hydrogen-bond acceptors (Lipinski definition) is 10. The zero-order valence-electron chi connectivity index (χ0n) is 18.3. The Labute approximate surface area is 195 Å². The van der Waals surface area contributed by atoms with Crippen LogP contribution in [-0.4, -0.2) is 55.3 Å². The van der Waals surface area contributed by atoms with Gasteiger partial charge < -0.3 is 20.5 Å². The smallest absolute Gasteiger partial charge is 0.175 e. The van der Waals surface area contributed by atoms with Crippen LogP contribution in [0.5, 0.6) is 0 Å². The van der Waals surface area contributed by atoms with E-state index in [-0.39, 0.29) is 0 Å². The van der Waals surface area contributed by atoms with E-state index in [1.54, 1.807) is 11.8 Å². The van der Waals surface area contributed by atoms with Gasteiger partial charge in [-0.15, -0.1) is 5.10 Å². The molecule has 4 aromatic rings. The summed E-state index contributed by atoms with van der Waals surface area (Å²) in [6.45, 7) is 9.10. The Morgan fingerprint density at radius 2 is 2.06 bits per heavy atom.